The molecule has 1 aliphatic rings. The van der Waals surface area contributed by atoms with Crippen LogP contribution in [0.25, 0.3) is 0 Å². The number of rotatable bonds is 1. The van der Waals surface area contributed by atoms with Crippen LogP contribution in [0.3, 0.4) is 0 Å². The van der Waals surface area contributed by atoms with Gasteiger partial charge in [0.25, 0.3) is 0 Å². The molecule has 2 N–H and O–H groups in total. The van der Waals surface area contributed by atoms with E-state index in [1.54, 1.807) is 0 Å². The fourth-order valence-electron chi connectivity index (χ4n) is 1.48. The van der Waals surface area contributed by atoms with Gasteiger partial charge in [-0.05, 0) is 50.6 Å². The minimum absolute atomic E-state index is 0.772. The molecule has 15 heavy (non-hydrogen) atoms. The molecule has 2 nitrogen and oxygen atoms in total. The highest BCUT2D eigenvalue weighted by atomic mass is 35.5. The van der Waals surface area contributed by atoms with Gasteiger partial charge in [-0.25, -0.2) is 0 Å². The van der Waals surface area contributed by atoms with Gasteiger partial charge in [-0.1, -0.05) is 11.6 Å². The third-order valence-electron chi connectivity index (χ3n) is 2.44. The summed E-state index contributed by atoms with van der Waals surface area (Å²) in [5, 5.41) is 7.09. The second-order valence-corrected chi connectivity index (χ2v) is 4.19. The largest absolute Gasteiger partial charge is 0.388 e. The van der Waals surface area contributed by atoms with E-state index >= 15 is 0 Å². The Morgan fingerprint density at radius 3 is 2.33 bits per heavy atom. The summed E-state index contributed by atoms with van der Waals surface area (Å²) in [6, 6.07) is 8.37. The quantitative estimate of drug-likeness (QED) is 0.769. The maximum atomic E-state index is 5.64. The molecule has 2 rings (SSSR count). The molecule has 0 bridgehead atoms. The van der Waals surface area contributed by atoms with E-state index in [1.165, 1.54) is 19.4 Å². The molecule has 0 spiro atoms. The van der Waals surface area contributed by atoms with Crippen molar-refractivity contribution in [2.75, 3.05) is 18.9 Å². The van der Waals surface area contributed by atoms with Gasteiger partial charge < -0.3 is 10.6 Å². The van der Waals surface area contributed by atoms with Crippen LogP contribution in [-0.4, -0.2) is 19.6 Å². The van der Waals surface area contributed by atoms with Crippen LogP contribution in [0.2, 0.25) is 5.02 Å². The molecule has 3 heteroatoms. The third-order valence-corrected chi connectivity index (χ3v) is 2.69. The third kappa shape index (κ3) is 5.05. The number of halogens is 1. The molecule has 1 aromatic rings. The molecule has 0 amide bonds. The monoisotopic (exact) mass is 226 g/mol. The lowest BCUT2D eigenvalue weighted by Gasteiger charge is -1.96. The predicted molar refractivity (Wildman–Crippen MR) is 67.7 cm³/mol. The van der Waals surface area contributed by atoms with Crippen LogP contribution in [-0.2, 0) is 0 Å². The van der Waals surface area contributed by atoms with E-state index in [0.717, 1.165) is 16.8 Å². The normalized spacial score (nSPS) is 19.3. The number of benzene rings is 1. The summed E-state index contributed by atoms with van der Waals surface area (Å²) in [6.07, 6.45) is 2.75. The fraction of sp³-hybridized carbons (Fsp3) is 0.500. The first-order valence-electron chi connectivity index (χ1n) is 5.39. The van der Waals surface area contributed by atoms with Crippen LogP contribution < -0.4 is 10.6 Å². The molecule has 0 radical (unpaired) electrons. The van der Waals surface area contributed by atoms with Crippen molar-refractivity contribution in [3.8, 4) is 0 Å². The van der Waals surface area contributed by atoms with Crippen molar-refractivity contribution in [2.45, 2.75) is 25.8 Å². The zero-order valence-corrected chi connectivity index (χ0v) is 10.1. The number of hydrogen-bond donors (Lipinski definition) is 2. The average Bonchev–Trinajstić information content (AvgIpc) is 2.71. The molecule has 1 fully saturated rings. The van der Waals surface area contributed by atoms with E-state index in [2.05, 4.69) is 17.6 Å². The van der Waals surface area contributed by atoms with Gasteiger partial charge in [-0.15, -0.1) is 0 Å². The second kappa shape index (κ2) is 6.70. The van der Waals surface area contributed by atoms with E-state index in [0.29, 0.717) is 0 Å². The van der Waals surface area contributed by atoms with E-state index in [1.807, 2.05) is 31.3 Å². The lowest BCUT2D eigenvalue weighted by Crippen LogP contribution is -2.16. The van der Waals surface area contributed by atoms with Crippen LogP contribution in [0, 0.1) is 0 Å². The smallest absolute Gasteiger partial charge is 0.0407 e. The summed E-state index contributed by atoms with van der Waals surface area (Å²) < 4.78 is 0. The molecule has 1 aliphatic heterocycles. The standard InChI is InChI=1S/C7H8ClN.C5H11N/c1-9-7-4-2-6(8)3-5-7;1-5-3-2-4-6-5/h2-5,9H,1H3;5-6H,2-4H2,1H3. The Morgan fingerprint density at radius 2 is 2.00 bits per heavy atom. The first-order chi connectivity index (χ1) is 7.22. The Balaban J connectivity index is 0.000000162. The molecule has 84 valence electrons. The van der Waals surface area contributed by atoms with Gasteiger partial charge in [0.2, 0.25) is 0 Å². The highest BCUT2D eigenvalue weighted by Gasteiger charge is 2.05. The topological polar surface area (TPSA) is 24.1 Å². The fourth-order valence-corrected chi connectivity index (χ4v) is 1.60. The molecular weight excluding hydrogens is 208 g/mol. The summed E-state index contributed by atoms with van der Waals surface area (Å²) in [6.45, 7) is 3.47. The molecule has 1 atom stereocenters. The Hall–Kier alpha value is -0.730. The van der Waals surface area contributed by atoms with Crippen molar-refractivity contribution in [3.63, 3.8) is 0 Å². The number of hydrogen-bond acceptors (Lipinski definition) is 2. The van der Waals surface area contributed by atoms with Gasteiger partial charge in [0.05, 0.1) is 0 Å². The molecule has 0 saturated carbocycles. The van der Waals surface area contributed by atoms with Crippen molar-refractivity contribution < 1.29 is 0 Å². The Bertz CT molecular complexity index is 265. The van der Waals surface area contributed by atoms with Gasteiger partial charge in [-0.2, -0.15) is 0 Å². The summed E-state index contributed by atoms with van der Waals surface area (Å²) in [4.78, 5) is 0. The summed E-state index contributed by atoms with van der Waals surface area (Å²) in [7, 11) is 1.88. The molecule has 1 heterocycles. The lowest BCUT2D eigenvalue weighted by atomic mass is 10.3. The van der Waals surface area contributed by atoms with Crippen LogP contribution in [0.15, 0.2) is 24.3 Å². The van der Waals surface area contributed by atoms with Crippen LogP contribution >= 0.6 is 11.6 Å². The minimum Gasteiger partial charge on any atom is -0.388 e. The van der Waals surface area contributed by atoms with Crippen LogP contribution in [0.1, 0.15) is 19.8 Å². The molecule has 1 saturated heterocycles. The zero-order valence-electron chi connectivity index (χ0n) is 9.39. The second-order valence-electron chi connectivity index (χ2n) is 3.75. The van der Waals surface area contributed by atoms with Crippen molar-refractivity contribution in [2.24, 2.45) is 0 Å². The van der Waals surface area contributed by atoms with Crippen molar-refractivity contribution in [1.29, 1.82) is 0 Å². The minimum atomic E-state index is 0.772. The first kappa shape index (κ1) is 12.3. The molecular formula is C12H19ClN2. The van der Waals surface area contributed by atoms with Crippen molar-refractivity contribution >= 4 is 17.3 Å². The Kier molecular flexibility index (Phi) is 5.51. The number of anilines is 1. The highest BCUT2D eigenvalue weighted by Crippen LogP contribution is 2.11. The molecule has 0 aromatic heterocycles. The lowest BCUT2D eigenvalue weighted by molar-refractivity contribution is 0.664. The van der Waals surface area contributed by atoms with E-state index < -0.39 is 0 Å². The van der Waals surface area contributed by atoms with Crippen molar-refractivity contribution in [1.82, 2.24) is 5.32 Å². The van der Waals surface area contributed by atoms with Gasteiger partial charge in [0.1, 0.15) is 0 Å². The molecule has 0 aliphatic carbocycles. The molecule has 1 aromatic carbocycles. The average molecular weight is 227 g/mol. The Labute approximate surface area is 97.0 Å². The molecule has 1 unspecified atom stereocenters. The first-order valence-corrected chi connectivity index (χ1v) is 5.77. The van der Waals surface area contributed by atoms with Crippen LogP contribution in [0.5, 0.6) is 0 Å². The van der Waals surface area contributed by atoms with Crippen LogP contribution in [0.4, 0.5) is 5.69 Å². The predicted octanol–water partition coefficient (Wildman–Crippen LogP) is 3.14. The summed E-state index contributed by atoms with van der Waals surface area (Å²) in [5.41, 5.74) is 1.08. The zero-order chi connectivity index (χ0) is 11.1. The summed E-state index contributed by atoms with van der Waals surface area (Å²) in [5.74, 6) is 0. The summed E-state index contributed by atoms with van der Waals surface area (Å²) >= 11 is 5.64. The van der Waals surface area contributed by atoms with E-state index in [-0.39, 0.29) is 0 Å². The SMILES string of the molecule is CC1CCCN1.CNc1ccc(Cl)cc1. The van der Waals surface area contributed by atoms with Gasteiger partial charge in [0, 0.05) is 23.8 Å². The van der Waals surface area contributed by atoms with Gasteiger partial charge in [-0.3, -0.25) is 0 Å². The number of nitrogens with one attached hydrogen (secondary N) is 2. The van der Waals surface area contributed by atoms with Gasteiger partial charge in [0.15, 0.2) is 0 Å². The van der Waals surface area contributed by atoms with E-state index in [9.17, 15) is 0 Å². The maximum absolute atomic E-state index is 5.64. The van der Waals surface area contributed by atoms with Gasteiger partial charge >= 0.3 is 0 Å². The van der Waals surface area contributed by atoms with E-state index in [4.69, 9.17) is 11.6 Å². The maximum Gasteiger partial charge on any atom is 0.0407 e. The Morgan fingerprint density at radius 1 is 1.33 bits per heavy atom. The van der Waals surface area contributed by atoms with Crippen molar-refractivity contribution in [3.05, 3.63) is 29.3 Å². The highest BCUT2D eigenvalue weighted by molar-refractivity contribution is 6.30.